The molecule has 1 aliphatic heterocycles. The van der Waals surface area contributed by atoms with Crippen molar-refractivity contribution in [1.82, 2.24) is 5.32 Å². The third-order valence-electron chi connectivity index (χ3n) is 3.04. The predicted octanol–water partition coefficient (Wildman–Crippen LogP) is 3.49. The van der Waals surface area contributed by atoms with E-state index in [1.54, 1.807) is 30.3 Å². The first-order valence-electron chi connectivity index (χ1n) is 6.67. The molecular formula is C16H14N2O3S. The maximum atomic E-state index is 12.0. The standard InChI is InChI=1S/C16H14N2O3S/c1-9-3-6-13(19)12(7-9)17-16-18-15(20)14(22-16)8-11-5-4-10(2)21-11/h3-8,19H,1-2H3,(H,17,18,20)/b14-8+. The normalized spacial score (nSPS) is 18.2. The molecular weight excluding hydrogens is 300 g/mol. The van der Waals surface area contributed by atoms with E-state index in [2.05, 4.69) is 10.3 Å². The number of nitrogens with zero attached hydrogens (tertiary/aromatic N) is 1. The van der Waals surface area contributed by atoms with Crippen molar-refractivity contribution in [2.24, 2.45) is 4.99 Å². The Kier molecular flexibility index (Phi) is 3.77. The molecule has 22 heavy (non-hydrogen) atoms. The number of hydrogen-bond acceptors (Lipinski definition) is 5. The number of nitrogens with one attached hydrogen (secondary N) is 1. The van der Waals surface area contributed by atoms with Crippen LogP contribution in [0.3, 0.4) is 0 Å². The number of aryl methyl sites for hydroxylation is 2. The third kappa shape index (κ3) is 3.07. The number of aromatic hydroxyl groups is 1. The Balaban J connectivity index is 1.86. The molecule has 5 nitrogen and oxygen atoms in total. The number of benzene rings is 1. The Labute approximate surface area is 131 Å². The van der Waals surface area contributed by atoms with Gasteiger partial charge in [-0.15, -0.1) is 0 Å². The highest BCUT2D eigenvalue weighted by Crippen LogP contribution is 2.32. The fraction of sp³-hybridized carbons (Fsp3) is 0.125. The molecule has 2 N–H and O–H groups in total. The monoisotopic (exact) mass is 314 g/mol. The zero-order valence-electron chi connectivity index (χ0n) is 12.1. The summed E-state index contributed by atoms with van der Waals surface area (Å²) in [4.78, 5) is 16.7. The largest absolute Gasteiger partial charge is 0.506 e. The van der Waals surface area contributed by atoms with Gasteiger partial charge in [0, 0.05) is 6.08 Å². The number of thioether (sulfide) groups is 1. The van der Waals surface area contributed by atoms with Crippen molar-refractivity contribution in [2.45, 2.75) is 13.8 Å². The fourth-order valence-corrected chi connectivity index (χ4v) is 2.79. The summed E-state index contributed by atoms with van der Waals surface area (Å²) in [6.45, 7) is 3.76. The summed E-state index contributed by atoms with van der Waals surface area (Å²) in [5.41, 5.74) is 1.41. The van der Waals surface area contributed by atoms with Crippen LogP contribution in [-0.4, -0.2) is 16.2 Å². The number of carbonyl (C=O) groups is 1. The topological polar surface area (TPSA) is 74.8 Å². The molecule has 2 aromatic rings. The van der Waals surface area contributed by atoms with Gasteiger partial charge in [-0.1, -0.05) is 6.07 Å². The van der Waals surface area contributed by atoms with Crippen molar-refractivity contribution in [1.29, 1.82) is 0 Å². The van der Waals surface area contributed by atoms with Crippen LogP contribution in [0.2, 0.25) is 0 Å². The lowest BCUT2D eigenvalue weighted by atomic mass is 10.2. The Morgan fingerprint density at radius 1 is 1.27 bits per heavy atom. The van der Waals surface area contributed by atoms with Crippen molar-refractivity contribution in [3.63, 3.8) is 0 Å². The van der Waals surface area contributed by atoms with Crippen LogP contribution in [0.5, 0.6) is 5.75 Å². The van der Waals surface area contributed by atoms with Crippen molar-refractivity contribution in [2.75, 3.05) is 0 Å². The number of rotatable bonds is 2. The second-order valence-electron chi connectivity index (χ2n) is 4.92. The Bertz CT molecular complexity index is 805. The molecule has 112 valence electrons. The van der Waals surface area contributed by atoms with Crippen molar-refractivity contribution < 1.29 is 14.3 Å². The SMILES string of the molecule is Cc1ccc(O)c(N=C2NC(=O)/C(=C\c3ccc(C)o3)S2)c1. The number of hydrogen-bond donors (Lipinski definition) is 2. The van der Waals surface area contributed by atoms with Crippen molar-refractivity contribution in [3.05, 3.63) is 52.3 Å². The smallest absolute Gasteiger partial charge is 0.264 e. The van der Waals surface area contributed by atoms with Crippen LogP contribution in [0.1, 0.15) is 17.1 Å². The number of phenols is 1. The summed E-state index contributed by atoms with van der Waals surface area (Å²) in [5.74, 6) is 1.25. The first-order valence-corrected chi connectivity index (χ1v) is 7.48. The van der Waals surface area contributed by atoms with Gasteiger partial charge < -0.3 is 14.8 Å². The number of amidine groups is 1. The number of aliphatic imine (C=N–C) groups is 1. The molecule has 0 unspecified atom stereocenters. The van der Waals surface area contributed by atoms with Gasteiger partial charge in [0.15, 0.2) is 5.17 Å². The van der Waals surface area contributed by atoms with Gasteiger partial charge in [-0.25, -0.2) is 4.99 Å². The van der Waals surface area contributed by atoms with Crippen LogP contribution < -0.4 is 5.32 Å². The highest BCUT2D eigenvalue weighted by atomic mass is 32.2. The maximum absolute atomic E-state index is 12.0. The number of amides is 1. The van der Waals surface area contributed by atoms with Crippen LogP contribution >= 0.6 is 11.8 Å². The van der Waals surface area contributed by atoms with E-state index < -0.39 is 0 Å². The molecule has 0 bridgehead atoms. The van der Waals surface area contributed by atoms with Gasteiger partial charge in [0.25, 0.3) is 5.91 Å². The maximum Gasteiger partial charge on any atom is 0.264 e. The molecule has 1 aliphatic rings. The second-order valence-corrected chi connectivity index (χ2v) is 5.95. The average molecular weight is 314 g/mol. The zero-order valence-corrected chi connectivity index (χ0v) is 12.9. The fourth-order valence-electron chi connectivity index (χ4n) is 1.97. The molecule has 0 atom stereocenters. The molecule has 0 aliphatic carbocycles. The summed E-state index contributed by atoms with van der Waals surface area (Å²) < 4.78 is 5.43. The van der Waals surface area contributed by atoms with Crippen LogP contribution in [-0.2, 0) is 4.79 Å². The summed E-state index contributed by atoms with van der Waals surface area (Å²) in [5, 5.41) is 12.9. The van der Waals surface area contributed by atoms with Gasteiger partial charge in [-0.2, -0.15) is 0 Å². The summed E-state index contributed by atoms with van der Waals surface area (Å²) in [7, 11) is 0. The summed E-state index contributed by atoms with van der Waals surface area (Å²) >= 11 is 1.21. The molecule has 0 radical (unpaired) electrons. The Morgan fingerprint density at radius 2 is 2.09 bits per heavy atom. The lowest BCUT2D eigenvalue weighted by Gasteiger charge is -2.01. The quantitative estimate of drug-likeness (QED) is 0.832. The van der Waals surface area contributed by atoms with Crippen molar-refractivity contribution >= 4 is 34.6 Å². The zero-order chi connectivity index (χ0) is 15.7. The van der Waals surface area contributed by atoms with Crippen LogP contribution in [0.25, 0.3) is 6.08 Å². The van der Waals surface area contributed by atoms with Crippen LogP contribution in [0, 0.1) is 13.8 Å². The minimum Gasteiger partial charge on any atom is -0.506 e. The summed E-state index contributed by atoms with van der Waals surface area (Å²) in [6, 6.07) is 8.77. The lowest BCUT2D eigenvalue weighted by Crippen LogP contribution is -2.19. The van der Waals surface area contributed by atoms with Crippen molar-refractivity contribution in [3.8, 4) is 5.75 Å². The highest BCUT2D eigenvalue weighted by molar-refractivity contribution is 8.18. The highest BCUT2D eigenvalue weighted by Gasteiger charge is 2.24. The van der Waals surface area contributed by atoms with Gasteiger partial charge in [0.1, 0.15) is 23.0 Å². The molecule has 0 saturated carbocycles. The van der Waals surface area contributed by atoms with Gasteiger partial charge >= 0.3 is 0 Å². The first kappa shape index (κ1) is 14.5. The van der Waals surface area contributed by atoms with Gasteiger partial charge in [0.2, 0.25) is 0 Å². The molecule has 1 aromatic carbocycles. The van der Waals surface area contributed by atoms with Crippen LogP contribution in [0.15, 0.2) is 44.6 Å². The molecule has 1 amide bonds. The van der Waals surface area contributed by atoms with Gasteiger partial charge in [-0.3, -0.25) is 4.79 Å². The number of phenolic OH excluding ortho intramolecular Hbond substituents is 1. The lowest BCUT2D eigenvalue weighted by molar-refractivity contribution is -0.115. The van der Waals surface area contributed by atoms with E-state index in [0.717, 1.165) is 11.3 Å². The van der Waals surface area contributed by atoms with Gasteiger partial charge in [-0.05, 0) is 55.4 Å². The first-order chi connectivity index (χ1) is 10.5. The molecule has 1 aromatic heterocycles. The number of furan rings is 1. The van der Waals surface area contributed by atoms with E-state index in [9.17, 15) is 9.90 Å². The van der Waals surface area contributed by atoms with Gasteiger partial charge in [0.05, 0.1) is 4.91 Å². The van der Waals surface area contributed by atoms with E-state index in [-0.39, 0.29) is 11.7 Å². The Hall–Kier alpha value is -2.47. The van der Waals surface area contributed by atoms with E-state index >= 15 is 0 Å². The second kappa shape index (κ2) is 5.73. The molecule has 1 saturated heterocycles. The molecule has 3 rings (SSSR count). The van der Waals surface area contributed by atoms with E-state index in [4.69, 9.17) is 4.42 Å². The van der Waals surface area contributed by atoms with Crippen LogP contribution in [0.4, 0.5) is 5.69 Å². The molecule has 1 fully saturated rings. The minimum absolute atomic E-state index is 0.0760. The Morgan fingerprint density at radius 3 is 2.82 bits per heavy atom. The van der Waals surface area contributed by atoms with E-state index in [1.807, 2.05) is 19.9 Å². The number of carbonyl (C=O) groups excluding carboxylic acids is 1. The molecule has 0 spiro atoms. The predicted molar refractivity (Wildman–Crippen MR) is 87.1 cm³/mol. The van der Waals surface area contributed by atoms with E-state index in [0.29, 0.717) is 21.5 Å². The summed E-state index contributed by atoms with van der Waals surface area (Å²) in [6.07, 6.45) is 1.67. The minimum atomic E-state index is -0.232. The molecule has 6 heteroatoms. The third-order valence-corrected chi connectivity index (χ3v) is 3.95. The molecule has 2 heterocycles. The van der Waals surface area contributed by atoms with E-state index in [1.165, 1.54) is 11.8 Å². The average Bonchev–Trinajstić information content (AvgIpc) is 3.01.